The first kappa shape index (κ1) is 19.0. The summed E-state index contributed by atoms with van der Waals surface area (Å²) in [6.07, 6.45) is 6.39. The Morgan fingerprint density at radius 3 is 1.90 bits per heavy atom. The third kappa shape index (κ3) is 2.86. The van der Waals surface area contributed by atoms with Crippen LogP contribution in [-0.2, 0) is 5.41 Å². The van der Waals surface area contributed by atoms with Crippen LogP contribution >= 0.6 is 0 Å². The Morgan fingerprint density at radius 2 is 1.38 bits per heavy atom. The molecule has 0 spiro atoms. The fraction of sp³-hybridized carbons (Fsp3) is 0.143. The predicted octanol–water partition coefficient (Wildman–Crippen LogP) is 6.88. The molecular formula is C28H27N. The van der Waals surface area contributed by atoms with E-state index in [-0.39, 0.29) is 0 Å². The molecule has 1 nitrogen and oxygen atoms in total. The number of likely N-dealkylation sites (N-methyl/N-ethyl adjacent to an activating group) is 1. The molecule has 0 amide bonds. The largest absolute Gasteiger partial charge is 0.341 e. The van der Waals surface area contributed by atoms with Crippen LogP contribution in [0.4, 0.5) is 5.69 Å². The number of rotatable bonds is 5. The second kappa shape index (κ2) is 7.97. The molecule has 4 rings (SSSR count). The number of allylic oxidation sites excluding steroid dienone is 4. The molecule has 0 saturated carbocycles. The monoisotopic (exact) mass is 377 g/mol. The second-order valence-electron chi connectivity index (χ2n) is 7.25. The van der Waals surface area contributed by atoms with Gasteiger partial charge in [0.25, 0.3) is 0 Å². The van der Waals surface area contributed by atoms with Crippen LogP contribution in [0, 0.1) is 0 Å². The van der Waals surface area contributed by atoms with Gasteiger partial charge in [-0.15, -0.1) is 0 Å². The van der Waals surface area contributed by atoms with Gasteiger partial charge < -0.3 is 4.90 Å². The topological polar surface area (TPSA) is 3.24 Å². The molecule has 1 aliphatic heterocycles. The minimum absolute atomic E-state index is 0.415. The molecule has 29 heavy (non-hydrogen) atoms. The minimum Gasteiger partial charge on any atom is -0.341 e. The van der Waals surface area contributed by atoms with Gasteiger partial charge in [-0.1, -0.05) is 97.6 Å². The first-order chi connectivity index (χ1) is 14.3. The molecule has 144 valence electrons. The summed E-state index contributed by atoms with van der Waals surface area (Å²) in [5, 5.41) is 0. The fourth-order valence-corrected chi connectivity index (χ4v) is 4.74. The maximum atomic E-state index is 4.29. The van der Waals surface area contributed by atoms with Crippen molar-refractivity contribution >= 4 is 5.69 Å². The summed E-state index contributed by atoms with van der Waals surface area (Å²) in [4.78, 5) is 2.40. The number of anilines is 1. The molecule has 0 aromatic heterocycles. The number of hydrogen-bond donors (Lipinski definition) is 0. The van der Waals surface area contributed by atoms with Crippen LogP contribution in [0.5, 0.6) is 0 Å². The average Bonchev–Trinajstić information content (AvgIpc) is 2.79. The number of nitrogens with zero attached hydrogens (tertiary/aromatic N) is 1. The van der Waals surface area contributed by atoms with Crippen molar-refractivity contribution < 1.29 is 0 Å². The highest BCUT2D eigenvalue weighted by Crippen LogP contribution is 2.53. The molecule has 0 aliphatic carbocycles. The first-order valence-corrected chi connectivity index (χ1v) is 10.3. The van der Waals surface area contributed by atoms with Crippen LogP contribution in [0.25, 0.3) is 0 Å². The van der Waals surface area contributed by atoms with E-state index < -0.39 is 5.41 Å². The number of para-hydroxylation sites is 1. The first-order valence-electron chi connectivity index (χ1n) is 10.3. The molecule has 0 unspecified atom stereocenters. The Balaban J connectivity index is 2.23. The quantitative estimate of drug-likeness (QED) is 0.468. The molecule has 0 fully saturated rings. The van der Waals surface area contributed by atoms with E-state index in [9.17, 15) is 0 Å². The molecule has 1 aliphatic rings. The van der Waals surface area contributed by atoms with Gasteiger partial charge in [0.2, 0.25) is 0 Å². The molecule has 3 aromatic rings. The zero-order valence-electron chi connectivity index (χ0n) is 17.2. The molecule has 1 heterocycles. The van der Waals surface area contributed by atoms with Crippen LogP contribution < -0.4 is 4.90 Å². The zero-order valence-corrected chi connectivity index (χ0v) is 17.2. The Morgan fingerprint density at radius 1 is 0.828 bits per heavy atom. The van der Waals surface area contributed by atoms with Crippen LogP contribution in [-0.4, -0.2) is 6.54 Å². The van der Waals surface area contributed by atoms with Gasteiger partial charge in [-0.3, -0.25) is 0 Å². The summed E-state index contributed by atoms with van der Waals surface area (Å²) in [5.41, 5.74) is 7.06. The lowest BCUT2D eigenvalue weighted by Crippen LogP contribution is -2.41. The maximum absolute atomic E-state index is 4.29. The fourth-order valence-electron chi connectivity index (χ4n) is 4.74. The Kier molecular flexibility index (Phi) is 5.22. The summed E-state index contributed by atoms with van der Waals surface area (Å²) in [6, 6.07) is 30.4. The number of hydrogen-bond acceptors (Lipinski definition) is 1. The van der Waals surface area contributed by atoms with Crippen molar-refractivity contribution in [3.63, 3.8) is 0 Å². The summed E-state index contributed by atoms with van der Waals surface area (Å²) < 4.78 is 0. The van der Waals surface area contributed by atoms with Crippen molar-refractivity contribution in [2.75, 3.05) is 11.4 Å². The van der Waals surface area contributed by atoms with Gasteiger partial charge in [0.15, 0.2) is 0 Å². The molecule has 3 aromatic carbocycles. The van der Waals surface area contributed by atoms with Crippen LogP contribution in [0.2, 0.25) is 0 Å². The highest BCUT2D eigenvalue weighted by atomic mass is 15.1. The van der Waals surface area contributed by atoms with Gasteiger partial charge in [0, 0.05) is 17.9 Å². The van der Waals surface area contributed by atoms with E-state index >= 15 is 0 Å². The molecular weight excluding hydrogens is 350 g/mol. The van der Waals surface area contributed by atoms with E-state index in [1.54, 1.807) is 0 Å². The van der Waals surface area contributed by atoms with Gasteiger partial charge >= 0.3 is 0 Å². The molecule has 0 radical (unpaired) electrons. The second-order valence-corrected chi connectivity index (χ2v) is 7.25. The lowest BCUT2D eigenvalue weighted by Gasteiger charge is -2.46. The maximum Gasteiger partial charge on any atom is 0.0741 e. The van der Waals surface area contributed by atoms with Crippen molar-refractivity contribution in [2.24, 2.45) is 0 Å². The van der Waals surface area contributed by atoms with E-state index in [1.807, 2.05) is 6.08 Å². The van der Waals surface area contributed by atoms with Crippen molar-refractivity contribution in [1.82, 2.24) is 0 Å². The highest BCUT2D eigenvalue weighted by Gasteiger charge is 2.45. The SMILES string of the molecule is C=CC1=C(/C=C\C)N(CC)c2ccccc2C1(c1ccccc1)c1ccccc1. The van der Waals surface area contributed by atoms with E-state index in [2.05, 4.69) is 122 Å². The molecule has 0 N–H and O–H groups in total. The van der Waals surface area contributed by atoms with E-state index in [4.69, 9.17) is 0 Å². The molecule has 0 bridgehead atoms. The van der Waals surface area contributed by atoms with Crippen LogP contribution in [0.15, 0.2) is 121 Å². The molecule has 0 atom stereocenters. The van der Waals surface area contributed by atoms with E-state index in [0.717, 1.165) is 6.54 Å². The van der Waals surface area contributed by atoms with Crippen molar-refractivity contribution in [1.29, 1.82) is 0 Å². The average molecular weight is 378 g/mol. The highest BCUT2D eigenvalue weighted by molar-refractivity contribution is 5.77. The van der Waals surface area contributed by atoms with Crippen molar-refractivity contribution in [2.45, 2.75) is 19.3 Å². The van der Waals surface area contributed by atoms with Gasteiger partial charge in [-0.2, -0.15) is 0 Å². The van der Waals surface area contributed by atoms with Gasteiger partial charge in [-0.25, -0.2) is 0 Å². The van der Waals surface area contributed by atoms with Gasteiger partial charge in [-0.05, 0) is 48.3 Å². The normalized spacial score (nSPS) is 15.4. The van der Waals surface area contributed by atoms with Gasteiger partial charge in [0.1, 0.15) is 0 Å². The lowest BCUT2D eigenvalue weighted by atomic mass is 9.62. The van der Waals surface area contributed by atoms with Crippen LogP contribution in [0.1, 0.15) is 30.5 Å². The number of benzene rings is 3. The zero-order chi connectivity index (χ0) is 20.3. The molecule has 0 saturated heterocycles. The van der Waals surface area contributed by atoms with Crippen LogP contribution in [0.3, 0.4) is 0 Å². The van der Waals surface area contributed by atoms with E-state index in [1.165, 1.54) is 33.6 Å². The number of fused-ring (bicyclic) bond motifs is 1. The smallest absolute Gasteiger partial charge is 0.0741 e. The van der Waals surface area contributed by atoms with E-state index in [0.29, 0.717) is 0 Å². The Labute approximate surface area is 174 Å². The Hall–Kier alpha value is -3.32. The molecule has 1 heteroatoms. The third-order valence-corrected chi connectivity index (χ3v) is 5.83. The predicted molar refractivity (Wildman–Crippen MR) is 124 cm³/mol. The minimum atomic E-state index is -0.415. The standard InChI is InChI=1S/C28H27N/c1-4-15-26-24(5-2)28(22-16-9-7-10-17-22,23-18-11-8-12-19-23)25-20-13-14-21-27(25)29(26)6-3/h4-5,7-21H,2,6H2,1,3H3/b15-4-. The Bertz CT molecular complexity index is 1020. The summed E-state index contributed by atoms with van der Waals surface area (Å²) in [5.74, 6) is 0. The van der Waals surface area contributed by atoms with Gasteiger partial charge in [0.05, 0.1) is 5.41 Å². The summed E-state index contributed by atoms with van der Waals surface area (Å²) in [7, 11) is 0. The van der Waals surface area contributed by atoms with Crippen molar-refractivity contribution in [3.05, 3.63) is 138 Å². The van der Waals surface area contributed by atoms with Crippen molar-refractivity contribution in [3.8, 4) is 0 Å². The summed E-state index contributed by atoms with van der Waals surface area (Å²) in [6.45, 7) is 9.47. The lowest BCUT2D eigenvalue weighted by molar-refractivity contribution is 0.704. The summed E-state index contributed by atoms with van der Waals surface area (Å²) >= 11 is 0. The third-order valence-electron chi connectivity index (χ3n) is 5.83.